The van der Waals surface area contributed by atoms with Crippen molar-refractivity contribution in [2.75, 3.05) is 36.6 Å². The molecule has 0 unspecified atom stereocenters. The molecule has 1 aliphatic rings. The lowest BCUT2D eigenvalue weighted by molar-refractivity contribution is 0.329. The maximum absolute atomic E-state index is 6.13. The number of ether oxygens (including phenoxy) is 2. The van der Waals surface area contributed by atoms with Gasteiger partial charge in [-0.1, -0.05) is 11.3 Å². The van der Waals surface area contributed by atoms with Gasteiger partial charge in [0.15, 0.2) is 5.13 Å². The van der Waals surface area contributed by atoms with Crippen molar-refractivity contribution in [2.24, 2.45) is 0 Å². The Bertz CT molecular complexity index is 1340. The van der Waals surface area contributed by atoms with Gasteiger partial charge in [-0.3, -0.25) is 0 Å². The number of hydrogen-bond acceptors (Lipinski definition) is 10. The maximum atomic E-state index is 6.13. The van der Waals surface area contributed by atoms with Crippen molar-refractivity contribution in [3.05, 3.63) is 41.1 Å². The Hall–Kier alpha value is -3.66. The Morgan fingerprint density at radius 2 is 1.94 bits per heavy atom. The van der Waals surface area contributed by atoms with Crippen LogP contribution in [-0.2, 0) is 6.54 Å². The van der Waals surface area contributed by atoms with E-state index in [2.05, 4.69) is 43.9 Å². The number of benzene rings is 1. The third-order valence-corrected chi connectivity index (χ3v) is 6.31. The standard InChI is InChI=1S/C22H23N7O2S/c1-11-6-13(14-8-16-20(25-9-14)32-22(24)26-16)7-15-10-29(4-5-31-17(11)15)18-12(2)19(30-3)28-21(23)27-18/h6-9H,4-5,10H2,1-3H3,(H2,24,26)(H2,23,27,28). The minimum atomic E-state index is 0.180. The summed E-state index contributed by atoms with van der Waals surface area (Å²) in [6, 6.07) is 6.27. The predicted octanol–water partition coefficient (Wildman–Crippen LogP) is 3.34. The van der Waals surface area contributed by atoms with Crippen molar-refractivity contribution in [1.29, 1.82) is 0 Å². The van der Waals surface area contributed by atoms with E-state index in [1.54, 1.807) is 7.11 Å². The average molecular weight is 450 g/mol. The van der Waals surface area contributed by atoms with Crippen LogP contribution in [0.3, 0.4) is 0 Å². The summed E-state index contributed by atoms with van der Waals surface area (Å²) >= 11 is 1.38. The van der Waals surface area contributed by atoms with E-state index in [-0.39, 0.29) is 5.95 Å². The lowest BCUT2D eigenvalue weighted by atomic mass is 9.99. The van der Waals surface area contributed by atoms with E-state index in [1.807, 2.05) is 19.2 Å². The summed E-state index contributed by atoms with van der Waals surface area (Å²) < 4.78 is 11.5. The number of aromatic nitrogens is 4. The van der Waals surface area contributed by atoms with Crippen molar-refractivity contribution >= 4 is 38.6 Å². The van der Waals surface area contributed by atoms with Gasteiger partial charge in [-0.05, 0) is 43.2 Å². The number of nitrogen functional groups attached to an aromatic ring is 2. The minimum Gasteiger partial charge on any atom is -0.491 e. The molecule has 0 amide bonds. The van der Waals surface area contributed by atoms with Gasteiger partial charge in [0.05, 0.1) is 19.2 Å². The molecule has 0 fully saturated rings. The zero-order valence-electron chi connectivity index (χ0n) is 18.0. The summed E-state index contributed by atoms with van der Waals surface area (Å²) in [5.74, 6) is 2.30. The summed E-state index contributed by atoms with van der Waals surface area (Å²) in [5, 5.41) is 0.515. The molecule has 0 aliphatic carbocycles. The zero-order chi connectivity index (χ0) is 22.4. The first-order valence-electron chi connectivity index (χ1n) is 10.1. The van der Waals surface area contributed by atoms with E-state index in [9.17, 15) is 0 Å². The topological polar surface area (TPSA) is 125 Å². The number of nitrogens with two attached hydrogens (primary N) is 2. The largest absolute Gasteiger partial charge is 0.491 e. The lowest BCUT2D eigenvalue weighted by Gasteiger charge is -2.23. The van der Waals surface area contributed by atoms with Gasteiger partial charge in [0, 0.05) is 23.9 Å². The van der Waals surface area contributed by atoms with Crippen LogP contribution >= 0.6 is 11.3 Å². The summed E-state index contributed by atoms with van der Waals surface area (Å²) in [4.78, 5) is 20.5. The van der Waals surface area contributed by atoms with Gasteiger partial charge in [-0.25, -0.2) is 9.97 Å². The monoisotopic (exact) mass is 449 g/mol. The Morgan fingerprint density at radius 3 is 2.75 bits per heavy atom. The summed E-state index contributed by atoms with van der Waals surface area (Å²) in [6.45, 7) is 5.80. The van der Waals surface area contributed by atoms with Crippen LogP contribution < -0.4 is 25.8 Å². The number of rotatable bonds is 3. The Labute approximate surface area is 189 Å². The fourth-order valence-corrected chi connectivity index (χ4v) is 4.72. The molecular weight excluding hydrogens is 426 g/mol. The molecule has 10 heteroatoms. The lowest BCUT2D eigenvalue weighted by Crippen LogP contribution is -2.27. The second kappa shape index (κ2) is 7.79. The summed E-state index contributed by atoms with van der Waals surface area (Å²) in [6.07, 6.45) is 1.86. The van der Waals surface area contributed by atoms with E-state index >= 15 is 0 Å². The van der Waals surface area contributed by atoms with Crippen molar-refractivity contribution in [2.45, 2.75) is 20.4 Å². The molecule has 0 spiro atoms. The number of thiazole rings is 1. The molecular formula is C22H23N7O2S. The van der Waals surface area contributed by atoms with E-state index in [4.69, 9.17) is 20.9 Å². The Balaban J connectivity index is 1.56. The predicted molar refractivity (Wildman–Crippen MR) is 126 cm³/mol. The number of methoxy groups -OCH3 is 1. The summed E-state index contributed by atoms with van der Waals surface area (Å²) in [5.41, 5.74) is 17.6. The molecule has 5 rings (SSSR count). The van der Waals surface area contributed by atoms with Crippen LogP contribution in [0.5, 0.6) is 11.6 Å². The molecule has 164 valence electrons. The zero-order valence-corrected chi connectivity index (χ0v) is 18.9. The van der Waals surface area contributed by atoms with Gasteiger partial charge in [-0.2, -0.15) is 9.97 Å². The third-order valence-electron chi connectivity index (χ3n) is 5.50. The molecule has 0 saturated carbocycles. The van der Waals surface area contributed by atoms with Gasteiger partial charge in [0.25, 0.3) is 0 Å². The Kier molecular flexibility index (Phi) is 4.93. The highest BCUT2D eigenvalue weighted by molar-refractivity contribution is 7.21. The molecule has 4 aromatic rings. The van der Waals surface area contributed by atoms with Crippen molar-refractivity contribution in [3.63, 3.8) is 0 Å². The average Bonchev–Trinajstić information content (AvgIpc) is 3.00. The minimum absolute atomic E-state index is 0.180. The Morgan fingerprint density at radius 1 is 1.09 bits per heavy atom. The van der Waals surface area contributed by atoms with Crippen LogP contribution in [0.4, 0.5) is 16.9 Å². The van der Waals surface area contributed by atoms with Crippen LogP contribution in [0.15, 0.2) is 24.4 Å². The van der Waals surface area contributed by atoms with Gasteiger partial charge in [0.1, 0.15) is 28.5 Å². The van der Waals surface area contributed by atoms with Crippen LogP contribution in [0, 0.1) is 13.8 Å². The fourth-order valence-electron chi connectivity index (χ4n) is 4.07. The first-order chi connectivity index (χ1) is 15.4. The van der Waals surface area contributed by atoms with Crippen LogP contribution in [0.2, 0.25) is 0 Å². The molecule has 4 heterocycles. The van der Waals surface area contributed by atoms with E-state index in [0.717, 1.165) is 49.7 Å². The highest BCUT2D eigenvalue weighted by Gasteiger charge is 2.23. The van der Waals surface area contributed by atoms with E-state index in [1.165, 1.54) is 11.3 Å². The molecule has 0 radical (unpaired) electrons. The second-order valence-electron chi connectivity index (χ2n) is 7.69. The maximum Gasteiger partial charge on any atom is 0.225 e. The second-order valence-corrected chi connectivity index (χ2v) is 8.70. The molecule has 4 N–H and O–H groups in total. The summed E-state index contributed by atoms with van der Waals surface area (Å²) in [7, 11) is 1.58. The number of pyridine rings is 1. The number of fused-ring (bicyclic) bond motifs is 2. The third kappa shape index (κ3) is 3.52. The SMILES string of the molecule is COc1nc(N)nc(N2CCOc3c(C)cc(-c4cnc5sc(N)nc5c4)cc3C2)c1C. The number of hydrogen-bond donors (Lipinski definition) is 2. The van der Waals surface area contributed by atoms with Crippen LogP contribution in [0.1, 0.15) is 16.7 Å². The van der Waals surface area contributed by atoms with Gasteiger partial charge >= 0.3 is 0 Å². The first kappa shape index (κ1) is 20.3. The smallest absolute Gasteiger partial charge is 0.225 e. The number of nitrogens with zero attached hydrogens (tertiary/aromatic N) is 5. The fraction of sp³-hybridized carbons (Fsp3) is 0.273. The van der Waals surface area contributed by atoms with Crippen LogP contribution in [0.25, 0.3) is 21.5 Å². The van der Waals surface area contributed by atoms with Crippen molar-refractivity contribution in [3.8, 4) is 22.8 Å². The number of aryl methyl sites for hydroxylation is 1. The molecule has 1 aliphatic heterocycles. The first-order valence-corrected chi connectivity index (χ1v) is 11.0. The van der Waals surface area contributed by atoms with Crippen LogP contribution in [-0.4, -0.2) is 40.2 Å². The van der Waals surface area contributed by atoms with Gasteiger partial charge in [0.2, 0.25) is 11.8 Å². The molecule has 1 aromatic carbocycles. The van der Waals surface area contributed by atoms with Crippen molar-refractivity contribution in [1.82, 2.24) is 19.9 Å². The molecule has 0 atom stereocenters. The molecule has 0 saturated heterocycles. The quantitative estimate of drug-likeness (QED) is 0.484. The molecule has 3 aromatic heterocycles. The molecule has 0 bridgehead atoms. The highest BCUT2D eigenvalue weighted by Crippen LogP contribution is 2.36. The molecule has 9 nitrogen and oxygen atoms in total. The number of anilines is 3. The van der Waals surface area contributed by atoms with Gasteiger partial charge in [-0.15, -0.1) is 0 Å². The highest BCUT2D eigenvalue weighted by atomic mass is 32.1. The van der Waals surface area contributed by atoms with E-state index < -0.39 is 0 Å². The van der Waals surface area contributed by atoms with Crippen molar-refractivity contribution < 1.29 is 9.47 Å². The normalized spacial score (nSPS) is 13.5. The molecule has 32 heavy (non-hydrogen) atoms. The van der Waals surface area contributed by atoms with Gasteiger partial charge < -0.3 is 25.8 Å². The van der Waals surface area contributed by atoms with E-state index in [0.29, 0.717) is 30.7 Å².